The summed E-state index contributed by atoms with van der Waals surface area (Å²) < 4.78 is 1.64. The average molecular weight is 333 g/mol. The first kappa shape index (κ1) is 15.0. The van der Waals surface area contributed by atoms with Gasteiger partial charge in [-0.3, -0.25) is 4.79 Å². The molecule has 0 atom stereocenters. The van der Waals surface area contributed by atoms with Crippen molar-refractivity contribution in [2.75, 3.05) is 5.32 Å². The number of benzene rings is 1. The van der Waals surface area contributed by atoms with E-state index in [4.69, 9.17) is 0 Å². The van der Waals surface area contributed by atoms with Crippen LogP contribution in [0.2, 0.25) is 0 Å². The summed E-state index contributed by atoms with van der Waals surface area (Å²) in [7, 11) is 0. The SMILES string of the molecule is Cc1ccc(NC(=O)c2c[nH]c3ncccc23)cc1-n1nnnc1C. The van der Waals surface area contributed by atoms with Gasteiger partial charge in [0.15, 0.2) is 5.82 Å². The quantitative estimate of drug-likeness (QED) is 0.599. The number of carbonyl (C=O) groups is 1. The van der Waals surface area contributed by atoms with E-state index in [-0.39, 0.29) is 5.91 Å². The van der Waals surface area contributed by atoms with Gasteiger partial charge in [-0.25, -0.2) is 4.98 Å². The lowest BCUT2D eigenvalue weighted by Gasteiger charge is -2.10. The zero-order valence-corrected chi connectivity index (χ0v) is 13.7. The molecule has 0 saturated heterocycles. The first-order valence-corrected chi connectivity index (χ1v) is 7.73. The highest BCUT2D eigenvalue weighted by atomic mass is 16.1. The number of rotatable bonds is 3. The summed E-state index contributed by atoms with van der Waals surface area (Å²) in [6.45, 7) is 3.79. The van der Waals surface area contributed by atoms with Crippen molar-refractivity contribution in [3.63, 3.8) is 0 Å². The molecule has 124 valence electrons. The van der Waals surface area contributed by atoms with E-state index in [0.29, 0.717) is 22.7 Å². The average Bonchev–Trinajstić information content (AvgIpc) is 3.23. The van der Waals surface area contributed by atoms with E-state index >= 15 is 0 Å². The van der Waals surface area contributed by atoms with E-state index in [1.165, 1.54) is 0 Å². The predicted octanol–water partition coefficient (Wildman–Crippen LogP) is 2.41. The van der Waals surface area contributed by atoms with Gasteiger partial charge in [0, 0.05) is 23.5 Å². The summed E-state index contributed by atoms with van der Waals surface area (Å²) in [6, 6.07) is 9.28. The van der Waals surface area contributed by atoms with Crippen molar-refractivity contribution in [2.24, 2.45) is 0 Å². The molecule has 3 aromatic heterocycles. The second-order valence-corrected chi connectivity index (χ2v) is 5.70. The molecule has 0 saturated carbocycles. The number of pyridine rings is 1. The number of H-pyrrole nitrogens is 1. The Morgan fingerprint density at radius 1 is 1.24 bits per heavy atom. The minimum absolute atomic E-state index is 0.206. The summed E-state index contributed by atoms with van der Waals surface area (Å²) in [5.41, 5.74) is 3.72. The lowest BCUT2D eigenvalue weighted by molar-refractivity contribution is 0.102. The van der Waals surface area contributed by atoms with E-state index in [1.54, 1.807) is 23.1 Å². The monoisotopic (exact) mass is 333 g/mol. The third-order valence-corrected chi connectivity index (χ3v) is 4.02. The van der Waals surface area contributed by atoms with Crippen molar-refractivity contribution >= 4 is 22.6 Å². The van der Waals surface area contributed by atoms with Gasteiger partial charge in [0.25, 0.3) is 5.91 Å². The molecule has 0 spiro atoms. The van der Waals surface area contributed by atoms with Gasteiger partial charge in [-0.2, -0.15) is 4.68 Å². The molecule has 4 rings (SSSR count). The van der Waals surface area contributed by atoms with Crippen molar-refractivity contribution in [3.05, 3.63) is 59.7 Å². The van der Waals surface area contributed by atoms with Crippen LogP contribution in [0.3, 0.4) is 0 Å². The van der Waals surface area contributed by atoms with Crippen LogP contribution in [0.5, 0.6) is 0 Å². The van der Waals surface area contributed by atoms with Crippen molar-refractivity contribution in [3.8, 4) is 5.69 Å². The number of amides is 1. The highest BCUT2D eigenvalue weighted by molar-refractivity contribution is 6.12. The molecule has 0 fully saturated rings. The Morgan fingerprint density at radius 3 is 2.92 bits per heavy atom. The standard InChI is InChI=1S/C17H15N7O/c1-10-5-6-12(8-15(10)24-11(2)21-22-23-24)20-17(25)14-9-19-16-13(14)4-3-7-18-16/h3-9H,1-2H3,(H,18,19)(H,20,25). The molecule has 8 nitrogen and oxygen atoms in total. The van der Waals surface area contributed by atoms with E-state index < -0.39 is 0 Å². The molecular formula is C17H15N7O. The van der Waals surface area contributed by atoms with E-state index in [1.807, 2.05) is 38.1 Å². The van der Waals surface area contributed by atoms with Gasteiger partial charge in [0.1, 0.15) is 5.65 Å². The van der Waals surface area contributed by atoms with Gasteiger partial charge in [0.2, 0.25) is 0 Å². The normalized spacial score (nSPS) is 11.0. The second-order valence-electron chi connectivity index (χ2n) is 5.70. The highest BCUT2D eigenvalue weighted by Gasteiger charge is 2.14. The molecule has 1 aromatic carbocycles. The third-order valence-electron chi connectivity index (χ3n) is 4.02. The van der Waals surface area contributed by atoms with E-state index in [2.05, 4.69) is 30.8 Å². The van der Waals surface area contributed by atoms with Crippen LogP contribution < -0.4 is 5.32 Å². The Labute approximate surface area is 142 Å². The maximum absolute atomic E-state index is 12.6. The van der Waals surface area contributed by atoms with Crippen LogP contribution in [0.25, 0.3) is 16.7 Å². The number of nitrogens with one attached hydrogen (secondary N) is 2. The minimum Gasteiger partial charge on any atom is -0.345 e. The smallest absolute Gasteiger partial charge is 0.257 e. The zero-order valence-electron chi connectivity index (χ0n) is 13.7. The van der Waals surface area contributed by atoms with Crippen LogP contribution in [0.15, 0.2) is 42.7 Å². The van der Waals surface area contributed by atoms with Crippen LogP contribution in [0, 0.1) is 13.8 Å². The summed E-state index contributed by atoms with van der Waals surface area (Å²) in [4.78, 5) is 19.8. The molecule has 0 aliphatic heterocycles. The molecule has 4 aromatic rings. The molecule has 0 bridgehead atoms. The largest absolute Gasteiger partial charge is 0.345 e. The van der Waals surface area contributed by atoms with Crippen LogP contribution in [-0.2, 0) is 0 Å². The van der Waals surface area contributed by atoms with Gasteiger partial charge in [-0.1, -0.05) is 6.07 Å². The van der Waals surface area contributed by atoms with Crippen molar-refractivity contribution in [1.29, 1.82) is 0 Å². The highest BCUT2D eigenvalue weighted by Crippen LogP contribution is 2.21. The molecule has 0 unspecified atom stereocenters. The maximum atomic E-state index is 12.6. The fraction of sp³-hybridized carbons (Fsp3) is 0.118. The van der Waals surface area contributed by atoms with Crippen LogP contribution in [0.4, 0.5) is 5.69 Å². The molecular weight excluding hydrogens is 318 g/mol. The Hall–Kier alpha value is -3.55. The Kier molecular flexibility index (Phi) is 3.50. The minimum atomic E-state index is -0.206. The molecule has 2 N–H and O–H groups in total. The Morgan fingerprint density at radius 2 is 2.12 bits per heavy atom. The molecule has 0 aliphatic carbocycles. The number of aromatic amines is 1. The van der Waals surface area contributed by atoms with Crippen LogP contribution in [-0.4, -0.2) is 36.1 Å². The molecule has 8 heteroatoms. The Balaban J connectivity index is 1.67. The summed E-state index contributed by atoms with van der Waals surface area (Å²) >= 11 is 0. The fourth-order valence-electron chi connectivity index (χ4n) is 2.71. The topological polar surface area (TPSA) is 101 Å². The number of hydrogen-bond acceptors (Lipinski definition) is 5. The summed E-state index contributed by atoms with van der Waals surface area (Å²) in [5, 5.41) is 15.3. The third kappa shape index (κ3) is 2.63. The maximum Gasteiger partial charge on any atom is 0.257 e. The van der Waals surface area contributed by atoms with Crippen molar-refractivity contribution < 1.29 is 4.79 Å². The summed E-state index contributed by atoms with van der Waals surface area (Å²) in [6.07, 6.45) is 3.34. The number of tetrazole rings is 1. The zero-order chi connectivity index (χ0) is 17.4. The fourth-order valence-corrected chi connectivity index (χ4v) is 2.71. The first-order valence-electron chi connectivity index (χ1n) is 7.73. The number of aryl methyl sites for hydroxylation is 2. The summed E-state index contributed by atoms with van der Waals surface area (Å²) in [5.74, 6) is 0.469. The first-order chi connectivity index (χ1) is 12.1. The molecule has 3 heterocycles. The molecule has 1 amide bonds. The predicted molar refractivity (Wildman–Crippen MR) is 92.7 cm³/mol. The van der Waals surface area contributed by atoms with E-state index in [0.717, 1.165) is 16.6 Å². The number of anilines is 1. The molecule has 0 radical (unpaired) electrons. The molecule has 25 heavy (non-hydrogen) atoms. The lowest BCUT2D eigenvalue weighted by Crippen LogP contribution is -2.12. The van der Waals surface area contributed by atoms with Gasteiger partial charge >= 0.3 is 0 Å². The van der Waals surface area contributed by atoms with Gasteiger partial charge in [-0.15, -0.1) is 5.10 Å². The van der Waals surface area contributed by atoms with Crippen molar-refractivity contribution in [2.45, 2.75) is 13.8 Å². The van der Waals surface area contributed by atoms with E-state index in [9.17, 15) is 4.79 Å². The lowest BCUT2D eigenvalue weighted by atomic mass is 10.1. The van der Waals surface area contributed by atoms with Crippen LogP contribution >= 0.6 is 0 Å². The van der Waals surface area contributed by atoms with Gasteiger partial charge < -0.3 is 10.3 Å². The number of aromatic nitrogens is 6. The number of fused-ring (bicyclic) bond motifs is 1. The number of carbonyl (C=O) groups excluding carboxylic acids is 1. The van der Waals surface area contributed by atoms with Gasteiger partial charge in [-0.05, 0) is 54.1 Å². The van der Waals surface area contributed by atoms with Gasteiger partial charge in [0.05, 0.1) is 11.3 Å². The second kappa shape index (κ2) is 5.82. The number of nitrogens with zero attached hydrogens (tertiary/aromatic N) is 5. The van der Waals surface area contributed by atoms with Crippen molar-refractivity contribution in [1.82, 2.24) is 30.2 Å². The van der Waals surface area contributed by atoms with Crippen LogP contribution in [0.1, 0.15) is 21.7 Å². The number of hydrogen-bond donors (Lipinski definition) is 2. The Bertz CT molecular complexity index is 1080. The molecule has 0 aliphatic rings.